The first-order chi connectivity index (χ1) is 9.72. The van der Waals surface area contributed by atoms with E-state index >= 15 is 0 Å². The van der Waals surface area contributed by atoms with Crippen LogP contribution >= 0.6 is 11.3 Å². The molecule has 20 heavy (non-hydrogen) atoms. The van der Waals surface area contributed by atoms with Crippen molar-refractivity contribution in [3.63, 3.8) is 0 Å². The number of amides is 1. The Labute approximate surface area is 117 Å². The van der Waals surface area contributed by atoms with Crippen molar-refractivity contribution in [3.05, 3.63) is 10.7 Å². The van der Waals surface area contributed by atoms with Crippen LogP contribution in [-0.2, 0) is 16.0 Å². The lowest BCUT2D eigenvalue weighted by Crippen LogP contribution is -2.15. The van der Waals surface area contributed by atoms with Gasteiger partial charge in [0.05, 0.1) is 6.42 Å². The summed E-state index contributed by atoms with van der Waals surface area (Å²) in [5.41, 5.74) is 5.78. The van der Waals surface area contributed by atoms with Crippen molar-refractivity contribution < 1.29 is 14.2 Å². The molecule has 1 atom stereocenters. The first-order valence-corrected chi connectivity index (χ1v) is 6.86. The predicted molar refractivity (Wildman–Crippen MR) is 68.9 cm³/mol. The van der Waals surface area contributed by atoms with Crippen molar-refractivity contribution in [1.82, 2.24) is 20.5 Å². The van der Waals surface area contributed by atoms with Gasteiger partial charge in [-0.1, -0.05) is 16.5 Å². The highest BCUT2D eigenvalue weighted by Gasteiger charge is 2.22. The number of nitrogens with two attached hydrogens (primary N) is 1. The topological polar surface area (TPSA) is 129 Å². The lowest BCUT2D eigenvalue weighted by molar-refractivity contribution is -0.115. The first kappa shape index (κ1) is 12.9. The van der Waals surface area contributed by atoms with Crippen LogP contribution in [0.5, 0.6) is 0 Å². The zero-order valence-electron chi connectivity index (χ0n) is 10.4. The Morgan fingerprint density at radius 1 is 1.45 bits per heavy atom. The summed E-state index contributed by atoms with van der Waals surface area (Å²) in [5, 5.41) is 18.7. The molecule has 0 bridgehead atoms. The number of aromatic nitrogens is 4. The van der Waals surface area contributed by atoms with Gasteiger partial charge in [0.1, 0.15) is 16.8 Å². The molecule has 3 rings (SSSR count). The minimum absolute atomic E-state index is 0.00598. The highest BCUT2D eigenvalue weighted by atomic mass is 32.1. The summed E-state index contributed by atoms with van der Waals surface area (Å²) in [6.07, 6.45) is 1.92. The molecule has 9 nitrogen and oxygen atoms in total. The molecule has 3 N–H and O–H groups in total. The number of anilines is 2. The molecule has 0 radical (unpaired) electrons. The summed E-state index contributed by atoms with van der Waals surface area (Å²) >= 11 is 1.31. The van der Waals surface area contributed by atoms with Crippen LogP contribution in [0.1, 0.15) is 29.6 Å². The van der Waals surface area contributed by atoms with Gasteiger partial charge in [0.15, 0.2) is 5.82 Å². The quantitative estimate of drug-likeness (QED) is 0.836. The number of carbonyl (C=O) groups is 1. The lowest BCUT2D eigenvalue weighted by atomic mass is 10.2. The normalized spacial score (nSPS) is 18.3. The molecular weight excluding hydrogens is 284 g/mol. The molecule has 1 fully saturated rings. The standard InChI is InChI=1S/C10H12N6O3S/c11-8-5(15-19-16-8)4-7(17)12-10-14-13-9(20-10)6-2-1-3-18-6/h6H,1-4H2,(H2,11,16)(H,12,14,17). The molecule has 0 spiro atoms. The van der Waals surface area contributed by atoms with Crippen molar-refractivity contribution in [2.45, 2.75) is 25.4 Å². The third-order valence-corrected chi connectivity index (χ3v) is 3.74. The van der Waals surface area contributed by atoms with E-state index in [9.17, 15) is 4.79 Å². The average molecular weight is 296 g/mol. The van der Waals surface area contributed by atoms with Crippen molar-refractivity contribution in [1.29, 1.82) is 0 Å². The van der Waals surface area contributed by atoms with E-state index in [2.05, 4.69) is 30.5 Å². The van der Waals surface area contributed by atoms with Gasteiger partial charge in [0.2, 0.25) is 11.0 Å². The van der Waals surface area contributed by atoms with Gasteiger partial charge in [-0.05, 0) is 18.0 Å². The van der Waals surface area contributed by atoms with Crippen LogP contribution in [0, 0.1) is 0 Å². The number of hydrogen-bond donors (Lipinski definition) is 2. The van der Waals surface area contributed by atoms with Crippen LogP contribution < -0.4 is 11.1 Å². The molecule has 1 unspecified atom stereocenters. The van der Waals surface area contributed by atoms with Gasteiger partial charge in [0, 0.05) is 6.61 Å². The van der Waals surface area contributed by atoms with Gasteiger partial charge in [-0.25, -0.2) is 4.63 Å². The Morgan fingerprint density at radius 3 is 3.05 bits per heavy atom. The second kappa shape index (κ2) is 5.51. The van der Waals surface area contributed by atoms with Crippen LogP contribution in [0.15, 0.2) is 4.63 Å². The van der Waals surface area contributed by atoms with Crippen LogP contribution in [-0.4, -0.2) is 33.0 Å². The summed E-state index contributed by atoms with van der Waals surface area (Å²) in [4.78, 5) is 11.8. The Hall–Kier alpha value is -2.07. The molecule has 1 aliphatic rings. The summed E-state index contributed by atoms with van der Waals surface area (Å²) in [6.45, 7) is 0.740. The summed E-state index contributed by atoms with van der Waals surface area (Å²) in [7, 11) is 0. The monoisotopic (exact) mass is 296 g/mol. The second-order valence-electron chi connectivity index (χ2n) is 4.27. The maximum atomic E-state index is 11.8. The fraction of sp³-hybridized carbons (Fsp3) is 0.500. The number of nitrogens with one attached hydrogen (secondary N) is 1. The highest BCUT2D eigenvalue weighted by Crippen LogP contribution is 2.31. The van der Waals surface area contributed by atoms with E-state index < -0.39 is 0 Å². The molecule has 0 aliphatic carbocycles. The molecule has 3 heterocycles. The fourth-order valence-corrected chi connectivity index (χ4v) is 2.68. The number of hydrogen-bond acceptors (Lipinski definition) is 9. The molecule has 2 aromatic rings. The Balaban J connectivity index is 1.60. The molecule has 1 saturated heterocycles. The molecule has 0 saturated carbocycles. The smallest absolute Gasteiger partial charge is 0.232 e. The van der Waals surface area contributed by atoms with E-state index in [0.29, 0.717) is 10.8 Å². The molecule has 2 aromatic heterocycles. The first-order valence-electron chi connectivity index (χ1n) is 6.04. The molecule has 1 aliphatic heterocycles. The Kier molecular flexibility index (Phi) is 3.56. The largest absolute Gasteiger partial charge is 0.379 e. The van der Waals surface area contributed by atoms with Crippen molar-refractivity contribution in [3.8, 4) is 0 Å². The third kappa shape index (κ3) is 2.75. The van der Waals surface area contributed by atoms with Crippen molar-refractivity contribution >= 4 is 28.2 Å². The van der Waals surface area contributed by atoms with Gasteiger partial charge in [-0.3, -0.25) is 4.79 Å². The van der Waals surface area contributed by atoms with Crippen LogP contribution in [0.4, 0.5) is 10.9 Å². The summed E-state index contributed by atoms with van der Waals surface area (Å²) in [5.74, 6) is -0.195. The third-order valence-electron chi connectivity index (χ3n) is 2.81. The maximum absolute atomic E-state index is 11.8. The van der Waals surface area contributed by atoms with Crippen molar-refractivity contribution in [2.75, 3.05) is 17.7 Å². The number of nitrogen functional groups attached to an aromatic ring is 1. The van der Waals surface area contributed by atoms with E-state index in [4.69, 9.17) is 10.5 Å². The number of carbonyl (C=O) groups excluding carboxylic acids is 1. The number of nitrogens with zero attached hydrogens (tertiary/aromatic N) is 4. The van der Waals surface area contributed by atoms with Crippen molar-refractivity contribution in [2.24, 2.45) is 0 Å². The van der Waals surface area contributed by atoms with Gasteiger partial charge < -0.3 is 15.8 Å². The van der Waals surface area contributed by atoms with E-state index in [1.807, 2.05) is 0 Å². The summed E-state index contributed by atoms with van der Waals surface area (Å²) < 4.78 is 9.93. The Morgan fingerprint density at radius 2 is 2.35 bits per heavy atom. The molecule has 0 aromatic carbocycles. The van der Waals surface area contributed by atoms with Gasteiger partial charge in [-0.15, -0.1) is 10.2 Å². The minimum atomic E-state index is -0.303. The predicted octanol–water partition coefficient (Wildman–Crippen LogP) is 0.536. The van der Waals surface area contributed by atoms with E-state index in [0.717, 1.165) is 24.5 Å². The average Bonchev–Trinajstić information content (AvgIpc) is 3.12. The minimum Gasteiger partial charge on any atom is -0.379 e. The van der Waals surface area contributed by atoms with Crippen LogP contribution in [0.2, 0.25) is 0 Å². The number of ether oxygens (including phenoxy) is 1. The molecule has 10 heteroatoms. The lowest BCUT2D eigenvalue weighted by Gasteiger charge is -2.02. The SMILES string of the molecule is Nc1nonc1CC(=O)Nc1nnc(C2CCCO2)s1. The Bertz CT molecular complexity index is 606. The van der Waals surface area contributed by atoms with Gasteiger partial charge >= 0.3 is 0 Å². The zero-order valence-corrected chi connectivity index (χ0v) is 11.2. The van der Waals surface area contributed by atoms with E-state index in [1.165, 1.54) is 11.3 Å². The van der Waals surface area contributed by atoms with Crippen LogP contribution in [0.25, 0.3) is 0 Å². The van der Waals surface area contributed by atoms with Gasteiger partial charge in [0.25, 0.3) is 0 Å². The summed E-state index contributed by atoms with van der Waals surface area (Å²) in [6, 6.07) is 0. The fourth-order valence-electron chi connectivity index (χ4n) is 1.84. The van der Waals surface area contributed by atoms with E-state index in [-0.39, 0.29) is 24.2 Å². The molecule has 106 valence electrons. The zero-order chi connectivity index (χ0) is 13.9. The van der Waals surface area contributed by atoms with Crippen LogP contribution in [0.3, 0.4) is 0 Å². The molecule has 1 amide bonds. The number of rotatable bonds is 4. The van der Waals surface area contributed by atoms with Gasteiger partial charge in [-0.2, -0.15) is 0 Å². The second-order valence-corrected chi connectivity index (χ2v) is 5.28. The van der Waals surface area contributed by atoms with E-state index in [1.54, 1.807) is 0 Å². The molecular formula is C10H12N6O3S. The maximum Gasteiger partial charge on any atom is 0.232 e. The highest BCUT2D eigenvalue weighted by molar-refractivity contribution is 7.15.